The molecule has 5 rings (SSSR count). The van der Waals surface area contributed by atoms with Gasteiger partial charge in [-0.25, -0.2) is 27.5 Å². The van der Waals surface area contributed by atoms with Gasteiger partial charge in [0.25, 0.3) is 5.56 Å². The first kappa shape index (κ1) is 21.2. The maximum absolute atomic E-state index is 14.0. The summed E-state index contributed by atoms with van der Waals surface area (Å²) in [7, 11) is 0. The molecule has 0 atom stereocenters. The third kappa shape index (κ3) is 3.77. The van der Waals surface area contributed by atoms with Crippen molar-refractivity contribution in [3.8, 4) is 5.69 Å². The Labute approximate surface area is 186 Å². The fraction of sp³-hybridized carbons (Fsp3) is 0.292. The minimum Gasteiger partial charge on any atom is -0.320 e. The fourth-order valence-corrected chi connectivity index (χ4v) is 4.58. The second-order valence-electron chi connectivity index (χ2n) is 8.35. The lowest BCUT2D eigenvalue weighted by Gasteiger charge is -2.24. The van der Waals surface area contributed by atoms with Crippen LogP contribution in [0.1, 0.15) is 43.7 Å². The van der Waals surface area contributed by atoms with E-state index in [2.05, 4.69) is 4.98 Å². The highest BCUT2D eigenvalue weighted by molar-refractivity contribution is 5.72. The molecule has 4 aromatic rings. The van der Waals surface area contributed by atoms with Gasteiger partial charge in [0, 0.05) is 18.7 Å². The third-order valence-electron chi connectivity index (χ3n) is 6.22. The molecule has 2 aromatic carbocycles. The Morgan fingerprint density at radius 3 is 2.33 bits per heavy atom. The first-order valence-electron chi connectivity index (χ1n) is 10.9. The van der Waals surface area contributed by atoms with E-state index in [9.17, 15) is 22.8 Å². The van der Waals surface area contributed by atoms with Crippen molar-refractivity contribution >= 4 is 11.2 Å². The van der Waals surface area contributed by atoms with Crippen LogP contribution < -0.4 is 11.2 Å². The molecule has 0 spiro atoms. The second-order valence-corrected chi connectivity index (χ2v) is 8.35. The average Bonchev–Trinajstić information content (AvgIpc) is 3.22. The van der Waals surface area contributed by atoms with Gasteiger partial charge in [0.05, 0.1) is 12.0 Å². The average molecular weight is 454 g/mol. The molecule has 0 saturated heterocycles. The number of hydrogen-bond donors (Lipinski definition) is 0. The van der Waals surface area contributed by atoms with Crippen LogP contribution in [0, 0.1) is 17.5 Å². The summed E-state index contributed by atoms with van der Waals surface area (Å²) in [5, 5.41) is 0. The van der Waals surface area contributed by atoms with Gasteiger partial charge in [-0.15, -0.1) is 0 Å². The lowest BCUT2D eigenvalue weighted by molar-refractivity contribution is 0.335. The molecule has 170 valence electrons. The summed E-state index contributed by atoms with van der Waals surface area (Å²) < 4.78 is 44.9. The van der Waals surface area contributed by atoms with Crippen LogP contribution in [-0.2, 0) is 6.54 Å². The molecular formula is C24H21F3N4O2. The molecule has 1 aliphatic carbocycles. The Kier molecular flexibility index (Phi) is 5.39. The fourth-order valence-electron chi connectivity index (χ4n) is 4.58. The third-order valence-corrected chi connectivity index (χ3v) is 6.22. The van der Waals surface area contributed by atoms with Gasteiger partial charge in [-0.3, -0.25) is 9.36 Å². The van der Waals surface area contributed by atoms with Gasteiger partial charge in [0.1, 0.15) is 5.82 Å². The van der Waals surface area contributed by atoms with E-state index in [1.54, 1.807) is 16.7 Å². The highest BCUT2D eigenvalue weighted by atomic mass is 19.2. The number of rotatable bonds is 4. The first-order valence-corrected chi connectivity index (χ1v) is 10.9. The number of aromatic nitrogens is 4. The van der Waals surface area contributed by atoms with Gasteiger partial charge in [-0.05, 0) is 42.7 Å². The molecule has 1 aliphatic rings. The Morgan fingerprint density at radius 2 is 1.64 bits per heavy atom. The van der Waals surface area contributed by atoms with Crippen LogP contribution in [0.15, 0.2) is 58.4 Å². The summed E-state index contributed by atoms with van der Waals surface area (Å²) >= 11 is 0. The zero-order chi connectivity index (χ0) is 23.1. The molecule has 9 heteroatoms. The Balaban J connectivity index is 1.76. The van der Waals surface area contributed by atoms with Crippen molar-refractivity contribution in [3.63, 3.8) is 0 Å². The Hall–Kier alpha value is -3.62. The maximum Gasteiger partial charge on any atom is 0.337 e. The summed E-state index contributed by atoms with van der Waals surface area (Å²) in [4.78, 5) is 31.4. The number of hydrogen-bond acceptors (Lipinski definition) is 3. The zero-order valence-electron chi connectivity index (χ0n) is 17.7. The quantitative estimate of drug-likeness (QED) is 0.462. The maximum atomic E-state index is 14.0. The zero-order valence-corrected chi connectivity index (χ0v) is 17.7. The lowest BCUT2D eigenvalue weighted by Crippen LogP contribution is -2.43. The molecule has 6 nitrogen and oxygen atoms in total. The minimum absolute atomic E-state index is 0.0604. The van der Waals surface area contributed by atoms with Crippen LogP contribution in [-0.4, -0.2) is 18.7 Å². The van der Waals surface area contributed by atoms with E-state index in [0.29, 0.717) is 12.8 Å². The number of fused-ring (bicyclic) bond motifs is 1. The second kappa shape index (κ2) is 8.38. The summed E-state index contributed by atoms with van der Waals surface area (Å²) in [6.07, 6.45) is 5.63. The predicted octanol–water partition coefficient (Wildman–Crippen LogP) is 4.32. The van der Waals surface area contributed by atoms with E-state index in [4.69, 9.17) is 0 Å². The van der Waals surface area contributed by atoms with Crippen molar-refractivity contribution in [1.29, 1.82) is 0 Å². The molecule has 1 saturated carbocycles. The number of imidazole rings is 1. The van der Waals surface area contributed by atoms with E-state index in [0.717, 1.165) is 41.5 Å². The molecule has 0 aliphatic heterocycles. The molecule has 2 aromatic heterocycles. The van der Waals surface area contributed by atoms with Crippen LogP contribution in [0.4, 0.5) is 13.2 Å². The lowest BCUT2D eigenvalue weighted by atomic mass is 9.95. The van der Waals surface area contributed by atoms with Crippen molar-refractivity contribution in [1.82, 2.24) is 18.7 Å². The summed E-state index contributed by atoms with van der Waals surface area (Å²) in [6, 6.07) is 8.72. The van der Waals surface area contributed by atoms with Gasteiger partial charge in [0.15, 0.2) is 22.8 Å². The predicted molar refractivity (Wildman–Crippen MR) is 117 cm³/mol. The van der Waals surface area contributed by atoms with Gasteiger partial charge in [-0.2, -0.15) is 0 Å². The molecule has 0 amide bonds. The van der Waals surface area contributed by atoms with E-state index in [1.807, 2.05) is 0 Å². The van der Waals surface area contributed by atoms with E-state index >= 15 is 0 Å². The van der Waals surface area contributed by atoms with Gasteiger partial charge >= 0.3 is 5.69 Å². The first-order chi connectivity index (χ1) is 15.9. The smallest absolute Gasteiger partial charge is 0.320 e. The highest BCUT2D eigenvalue weighted by Gasteiger charge is 2.25. The summed E-state index contributed by atoms with van der Waals surface area (Å²) in [5.74, 6) is -2.51. The van der Waals surface area contributed by atoms with Crippen LogP contribution in [0.3, 0.4) is 0 Å². The van der Waals surface area contributed by atoms with Crippen LogP contribution in [0.5, 0.6) is 0 Å². The SMILES string of the molecule is O=c1c2c(ncn2Cc2ccc(F)cc2)n(-c2ccc(F)c(F)c2)c(=O)n1C1CCCCC1. The molecule has 2 heterocycles. The van der Waals surface area contributed by atoms with Crippen molar-refractivity contribution in [2.24, 2.45) is 0 Å². The monoisotopic (exact) mass is 454 g/mol. The van der Waals surface area contributed by atoms with E-state index in [-0.39, 0.29) is 35.3 Å². The molecule has 0 bridgehead atoms. The number of benzene rings is 2. The topological polar surface area (TPSA) is 61.8 Å². The standard InChI is InChI=1S/C24H21F3N4O2/c25-16-8-6-15(7-9-16)13-29-14-28-22-21(29)23(32)31(17-4-2-1-3-5-17)24(33)30(22)18-10-11-19(26)20(27)12-18/h6-12,14,17H,1-5,13H2. The van der Waals surface area contributed by atoms with Crippen LogP contribution in [0.2, 0.25) is 0 Å². The normalized spacial score (nSPS) is 14.8. The minimum atomic E-state index is -1.10. The van der Waals surface area contributed by atoms with Gasteiger partial charge in [0.2, 0.25) is 0 Å². The number of nitrogens with zero attached hydrogens (tertiary/aromatic N) is 4. The molecule has 0 radical (unpaired) electrons. The summed E-state index contributed by atoms with van der Waals surface area (Å²) in [6.45, 7) is 0.229. The van der Waals surface area contributed by atoms with Crippen LogP contribution >= 0.6 is 0 Å². The Bertz CT molecular complexity index is 1450. The van der Waals surface area contributed by atoms with Crippen LogP contribution in [0.25, 0.3) is 16.9 Å². The van der Waals surface area contributed by atoms with E-state index in [1.165, 1.54) is 29.1 Å². The van der Waals surface area contributed by atoms with Crippen molar-refractivity contribution in [2.75, 3.05) is 0 Å². The molecule has 0 N–H and O–H groups in total. The number of halogens is 3. The summed E-state index contributed by atoms with van der Waals surface area (Å²) in [5.41, 5.74) is -0.0393. The van der Waals surface area contributed by atoms with Gasteiger partial charge < -0.3 is 4.57 Å². The Morgan fingerprint density at radius 1 is 0.909 bits per heavy atom. The van der Waals surface area contributed by atoms with E-state index < -0.39 is 22.9 Å². The molecule has 0 unspecified atom stereocenters. The largest absolute Gasteiger partial charge is 0.337 e. The van der Waals surface area contributed by atoms with Crippen molar-refractivity contribution in [3.05, 3.63) is 92.6 Å². The van der Waals surface area contributed by atoms with Crippen molar-refractivity contribution < 1.29 is 13.2 Å². The molecule has 1 fully saturated rings. The van der Waals surface area contributed by atoms with Crippen molar-refractivity contribution in [2.45, 2.75) is 44.7 Å². The van der Waals surface area contributed by atoms with Gasteiger partial charge in [-0.1, -0.05) is 31.4 Å². The molecular weight excluding hydrogens is 433 g/mol. The molecule has 33 heavy (non-hydrogen) atoms. The highest BCUT2D eigenvalue weighted by Crippen LogP contribution is 2.27.